The fraction of sp³-hybridized carbons (Fsp3) is 0.458. The lowest BCUT2D eigenvalue weighted by Crippen LogP contribution is -2.39. The van der Waals surface area contributed by atoms with E-state index in [-0.39, 0.29) is 31.8 Å². The van der Waals surface area contributed by atoms with Crippen LogP contribution in [0.1, 0.15) is 61.0 Å². The monoisotopic (exact) mass is 439 g/mol. The van der Waals surface area contributed by atoms with Crippen LogP contribution in [0.4, 0.5) is 26.1 Å². The van der Waals surface area contributed by atoms with E-state index < -0.39 is 5.92 Å². The molecule has 0 bridgehead atoms. The Balaban J connectivity index is 1.34. The highest BCUT2D eigenvalue weighted by atomic mass is 19.3. The number of nitrogen functional groups attached to an aromatic ring is 1. The first-order valence-electron chi connectivity index (χ1n) is 11.2. The minimum Gasteiger partial charge on any atom is -0.397 e. The van der Waals surface area contributed by atoms with E-state index in [0.29, 0.717) is 28.4 Å². The number of carbonyl (C=O) groups is 1. The molecule has 0 radical (unpaired) electrons. The molecule has 3 heterocycles. The predicted molar refractivity (Wildman–Crippen MR) is 121 cm³/mol. The number of allylic oxidation sites excluding steroid dienone is 2. The number of hydrogen-bond acceptors (Lipinski definition) is 5. The third-order valence-electron chi connectivity index (χ3n) is 6.93. The molecular formula is C24H27F2N5O. The second-order valence-corrected chi connectivity index (χ2v) is 9.28. The topological polar surface area (TPSA) is 84.1 Å². The van der Waals surface area contributed by atoms with Gasteiger partial charge in [0, 0.05) is 31.5 Å². The number of amides is 1. The van der Waals surface area contributed by atoms with Gasteiger partial charge in [-0.1, -0.05) is 12.1 Å². The molecule has 1 saturated carbocycles. The number of nitrogens with two attached hydrogens (primary N) is 1. The molecule has 3 aliphatic rings. The van der Waals surface area contributed by atoms with E-state index in [1.165, 1.54) is 19.0 Å². The van der Waals surface area contributed by atoms with Crippen LogP contribution < -0.4 is 16.0 Å². The van der Waals surface area contributed by atoms with Gasteiger partial charge in [0.05, 0.1) is 11.9 Å². The van der Waals surface area contributed by atoms with Crippen LogP contribution >= 0.6 is 0 Å². The molecule has 3 N–H and O–H groups in total. The summed E-state index contributed by atoms with van der Waals surface area (Å²) in [6, 6.07) is 7.04. The lowest BCUT2D eigenvalue weighted by atomic mass is 9.84. The van der Waals surface area contributed by atoms with Gasteiger partial charge in [-0.15, -0.1) is 0 Å². The molecule has 1 amide bonds. The molecule has 0 aromatic carbocycles. The van der Waals surface area contributed by atoms with E-state index in [1.807, 2.05) is 11.0 Å². The highest BCUT2D eigenvalue weighted by Crippen LogP contribution is 2.56. The van der Waals surface area contributed by atoms with Crippen molar-refractivity contribution in [3.8, 4) is 0 Å². The minimum absolute atomic E-state index is 0.194. The van der Waals surface area contributed by atoms with E-state index in [4.69, 9.17) is 5.73 Å². The smallest absolute Gasteiger partial charge is 0.276 e. The van der Waals surface area contributed by atoms with Crippen LogP contribution in [0.3, 0.4) is 0 Å². The van der Waals surface area contributed by atoms with Gasteiger partial charge in [-0.2, -0.15) is 0 Å². The van der Waals surface area contributed by atoms with Crippen LogP contribution in [0.15, 0.2) is 36.5 Å². The molecule has 8 heteroatoms. The first kappa shape index (κ1) is 20.8. The minimum atomic E-state index is -2.62. The van der Waals surface area contributed by atoms with Crippen LogP contribution in [0.2, 0.25) is 0 Å². The molecule has 2 aromatic heterocycles. The van der Waals surface area contributed by atoms with Crippen molar-refractivity contribution in [2.45, 2.75) is 50.9 Å². The lowest BCUT2D eigenvalue weighted by molar-refractivity contribution is -0.0221. The van der Waals surface area contributed by atoms with Gasteiger partial charge in [0.15, 0.2) is 0 Å². The largest absolute Gasteiger partial charge is 0.397 e. The van der Waals surface area contributed by atoms with Gasteiger partial charge < -0.3 is 16.0 Å². The number of nitrogens with zero attached hydrogens (tertiary/aromatic N) is 3. The van der Waals surface area contributed by atoms with E-state index in [0.717, 1.165) is 30.4 Å². The summed E-state index contributed by atoms with van der Waals surface area (Å²) in [5.74, 6) is -2.04. The highest BCUT2D eigenvalue weighted by molar-refractivity contribution is 6.05. The second kappa shape index (κ2) is 7.83. The highest BCUT2D eigenvalue weighted by Gasteiger charge is 2.43. The van der Waals surface area contributed by atoms with Gasteiger partial charge in [0.2, 0.25) is 0 Å². The van der Waals surface area contributed by atoms with E-state index in [2.05, 4.69) is 21.4 Å². The molecule has 1 aliphatic heterocycles. The van der Waals surface area contributed by atoms with Gasteiger partial charge in [0.25, 0.3) is 11.8 Å². The average Bonchev–Trinajstić information content (AvgIpc) is 3.53. The average molecular weight is 440 g/mol. The molecule has 6 nitrogen and oxygen atoms in total. The Kier molecular flexibility index (Phi) is 5.10. The van der Waals surface area contributed by atoms with Crippen molar-refractivity contribution < 1.29 is 13.6 Å². The fourth-order valence-corrected chi connectivity index (χ4v) is 4.63. The maximum atomic E-state index is 13.5. The lowest BCUT2D eigenvalue weighted by Gasteiger charge is -2.32. The van der Waals surface area contributed by atoms with Gasteiger partial charge in [0.1, 0.15) is 17.3 Å². The number of hydrogen-bond donors (Lipinski definition) is 2. The quantitative estimate of drug-likeness (QED) is 0.708. The van der Waals surface area contributed by atoms with E-state index in [9.17, 15) is 13.6 Å². The Bertz CT molecular complexity index is 1070. The van der Waals surface area contributed by atoms with Crippen LogP contribution in [0.25, 0.3) is 5.57 Å². The molecule has 168 valence electrons. The van der Waals surface area contributed by atoms with Crippen LogP contribution in [0, 0.1) is 5.41 Å². The number of carbonyl (C=O) groups excluding carboxylic acids is 1. The summed E-state index contributed by atoms with van der Waals surface area (Å²) >= 11 is 0. The number of halogens is 2. The standard InChI is InChI=1S/C24H27F2N5O/c25-24(26)10-12-31(13-11-24)20-3-1-2-19(29-20)30-22(32)21-18(14-17(27)15-28-21)16-4-6-23(7-5-16)8-9-23/h1-4,14-15H,5-13,27H2,(H,29,30,32). The van der Waals surface area contributed by atoms with Gasteiger partial charge in [-0.05, 0) is 61.3 Å². The molecular weight excluding hydrogens is 412 g/mol. The van der Waals surface area contributed by atoms with E-state index in [1.54, 1.807) is 18.2 Å². The summed E-state index contributed by atoms with van der Waals surface area (Å²) in [5.41, 5.74) is 9.20. The summed E-state index contributed by atoms with van der Waals surface area (Å²) in [7, 11) is 0. The second-order valence-electron chi connectivity index (χ2n) is 9.28. The molecule has 1 saturated heterocycles. The maximum absolute atomic E-state index is 13.5. The van der Waals surface area contributed by atoms with Gasteiger partial charge >= 0.3 is 0 Å². The van der Waals surface area contributed by atoms with E-state index >= 15 is 0 Å². The number of anilines is 3. The molecule has 2 aliphatic carbocycles. The van der Waals surface area contributed by atoms with Crippen molar-refractivity contribution in [3.05, 3.63) is 47.8 Å². The van der Waals surface area contributed by atoms with Crippen LogP contribution in [-0.4, -0.2) is 34.9 Å². The van der Waals surface area contributed by atoms with Crippen LogP contribution in [-0.2, 0) is 0 Å². The zero-order valence-corrected chi connectivity index (χ0v) is 17.9. The van der Waals surface area contributed by atoms with Crippen molar-refractivity contribution in [1.29, 1.82) is 0 Å². The predicted octanol–water partition coefficient (Wildman–Crippen LogP) is 4.89. The summed E-state index contributed by atoms with van der Waals surface area (Å²) < 4.78 is 26.9. The molecule has 2 aromatic rings. The van der Waals surface area contributed by atoms with Gasteiger partial charge in [-0.25, -0.2) is 18.7 Å². The zero-order chi connectivity index (χ0) is 22.3. The van der Waals surface area contributed by atoms with Crippen molar-refractivity contribution >= 4 is 28.8 Å². The summed E-state index contributed by atoms with van der Waals surface area (Å²) in [5, 5.41) is 2.83. The molecule has 0 unspecified atom stereocenters. The molecule has 2 fully saturated rings. The number of pyridine rings is 2. The Morgan fingerprint density at radius 3 is 2.59 bits per heavy atom. The van der Waals surface area contributed by atoms with Crippen LogP contribution in [0.5, 0.6) is 0 Å². The zero-order valence-electron chi connectivity index (χ0n) is 17.9. The normalized spacial score (nSPS) is 21.2. The Hall–Kier alpha value is -3.03. The Morgan fingerprint density at radius 2 is 1.91 bits per heavy atom. The maximum Gasteiger partial charge on any atom is 0.276 e. The Morgan fingerprint density at radius 1 is 1.12 bits per heavy atom. The third-order valence-corrected chi connectivity index (χ3v) is 6.93. The van der Waals surface area contributed by atoms with Gasteiger partial charge in [-0.3, -0.25) is 4.79 Å². The Labute approximate surface area is 185 Å². The number of rotatable bonds is 4. The van der Waals surface area contributed by atoms with Crippen molar-refractivity contribution in [2.75, 3.05) is 29.0 Å². The van der Waals surface area contributed by atoms with Crippen molar-refractivity contribution in [3.63, 3.8) is 0 Å². The summed E-state index contributed by atoms with van der Waals surface area (Å²) in [6.07, 6.45) is 8.99. The molecule has 5 rings (SSSR count). The third kappa shape index (κ3) is 4.31. The first-order chi connectivity index (χ1) is 15.3. The molecule has 0 atom stereocenters. The van der Waals surface area contributed by atoms with Crippen molar-refractivity contribution in [1.82, 2.24) is 9.97 Å². The molecule has 32 heavy (non-hydrogen) atoms. The number of alkyl halides is 2. The number of nitrogens with one attached hydrogen (secondary N) is 1. The SMILES string of the molecule is Nc1cnc(C(=O)Nc2cccc(N3CCC(F)(F)CC3)n2)c(C2=CCC3(CC2)CC3)c1. The number of piperidine rings is 1. The molecule has 1 spiro atoms. The first-order valence-corrected chi connectivity index (χ1v) is 11.2. The van der Waals surface area contributed by atoms with Crippen molar-refractivity contribution in [2.24, 2.45) is 5.41 Å². The summed E-state index contributed by atoms with van der Waals surface area (Å²) in [4.78, 5) is 23.7. The fourth-order valence-electron chi connectivity index (χ4n) is 4.63. The number of aromatic nitrogens is 2. The summed E-state index contributed by atoms with van der Waals surface area (Å²) in [6.45, 7) is 0.466.